The number of rotatable bonds is 2. The zero-order chi connectivity index (χ0) is 10.8. The molecular formula is C11H13N3O. The molecule has 4 nitrogen and oxygen atoms in total. The van der Waals surface area contributed by atoms with Gasteiger partial charge in [0, 0.05) is 12.6 Å². The summed E-state index contributed by atoms with van der Waals surface area (Å²) in [5.41, 5.74) is 7.86. The van der Waals surface area contributed by atoms with Gasteiger partial charge in [-0.3, -0.25) is 4.68 Å². The Morgan fingerprint density at radius 2 is 1.93 bits per heavy atom. The van der Waals surface area contributed by atoms with E-state index in [9.17, 15) is 0 Å². The first-order valence-corrected chi connectivity index (χ1v) is 4.64. The lowest BCUT2D eigenvalue weighted by Crippen LogP contribution is -1.97. The summed E-state index contributed by atoms with van der Waals surface area (Å²) in [7, 11) is 3.47. The third-order valence-corrected chi connectivity index (χ3v) is 2.39. The van der Waals surface area contributed by atoms with Crippen LogP contribution in [0.1, 0.15) is 0 Å². The molecule has 0 atom stereocenters. The monoisotopic (exact) mass is 203 g/mol. The van der Waals surface area contributed by atoms with Gasteiger partial charge >= 0.3 is 0 Å². The molecule has 2 N–H and O–H groups in total. The predicted octanol–water partition coefficient (Wildman–Crippen LogP) is 1.68. The van der Waals surface area contributed by atoms with Crippen molar-refractivity contribution in [2.45, 2.75) is 0 Å². The zero-order valence-electron chi connectivity index (χ0n) is 8.77. The van der Waals surface area contributed by atoms with Crippen LogP contribution in [0.15, 0.2) is 30.5 Å². The molecule has 0 aliphatic heterocycles. The van der Waals surface area contributed by atoms with Gasteiger partial charge in [-0.1, -0.05) is 12.1 Å². The third-order valence-electron chi connectivity index (χ3n) is 2.39. The summed E-state index contributed by atoms with van der Waals surface area (Å²) in [6, 6.07) is 7.74. The number of hydrogen-bond acceptors (Lipinski definition) is 3. The summed E-state index contributed by atoms with van der Waals surface area (Å²) in [6.45, 7) is 0. The fourth-order valence-electron chi connectivity index (χ4n) is 1.44. The van der Waals surface area contributed by atoms with Crippen molar-refractivity contribution >= 4 is 5.82 Å². The van der Waals surface area contributed by atoms with E-state index in [0.717, 1.165) is 16.9 Å². The Labute approximate surface area is 88.3 Å². The highest BCUT2D eigenvalue weighted by Crippen LogP contribution is 2.26. The molecule has 0 bridgehead atoms. The molecule has 0 radical (unpaired) electrons. The topological polar surface area (TPSA) is 53.1 Å². The Bertz CT molecular complexity index is 459. The fourth-order valence-corrected chi connectivity index (χ4v) is 1.44. The highest BCUT2D eigenvalue weighted by atomic mass is 16.5. The highest BCUT2D eigenvalue weighted by molar-refractivity contribution is 5.73. The number of anilines is 1. The minimum Gasteiger partial charge on any atom is -0.497 e. The lowest BCUT2D eigenvalue weighted by molar-refractivity contribution is 0.415. The van der Waals surface area contributed by atoms with Crippen molar-refractivity contribution in [1.82, 2.24) is 9.78 Å². The van der Waals surface area contributed by atoms with E-state index in [4.69, 9.17) is 10.5 Å². The van der Waals surface area contributed by atoms with Crippen molar-refractivity contribution in [3.63, 3.8) is 0 Å². The van der Waals surface area contributed by atoms with Gasteiger partial charge in [0.1, 0.15) is 11.6 Å². The maximum Gasteiger partial charge on any atom is 0.129 e. The molecule has 0 amide bonds. The molecular weight excluding hydrogens is 190 g/mol. The second kappa shape index (κ2) is 3.65. The molecule has 78 valence electrons. The predicted molar refractivity (Wildman–Crippen MR) is 59.6 cm³/mol. The van der Waals surface area contributed by atoms with E-state index < -0.39 is 0 Å². The van der Waals surface area contributed by atoms with Gasteiger partial charge in [0.05, 0.1) is 13.3 Å². The average molecular weight is 203 g/mol. The van der Waals surface area contributed by atoms with Gasteiger partial charge in [0.2, 0.25) is 0 Å². The van der Waals surface area contributed by atoms with Crippen molar-refractivity contribution in [2.24, 2.45) is 7.05 Å². The number of benzene rings is 1. The number of methoxy groups -OCH3 is 1. The van der Waals surface area contributed by atoms with E-state index in [1.807, 2.05) is 31.3 Å². The summed E-state index contributed by atoms with van der Waals surface area (Å²) in [5, 5.41) is 4.10. The Hall–Kier alpha value is -1.97. The molecule has 1 heterocycles. The number of nitrogens with zero attached hydrogens (tertiary/aromatic N) is 2. The van der Waals surface area contributed by atoms with Crippen molar-refractivity contribution in [3.05, 3.63) is 30.5 Å². The van der Waals surface area contributed by atoms with Crippen LogP contribution >= 0.6 is 0 Å². The molecule has 0 aliphatic carbocycles. The number of hydrogen-bond donors (Lipinski definition) is 1. The number of nitrogens with two attached hydrogens (primary N) is 1. The standard InChI is InChI=1S/C11H13N3O/c1-14-11(12)10(7-13-14)8-3-5-9(15-2)6-4-8/h3-7H,12H2,1-2H3. The van der Waals surface area contributed by atoms with Crippen LogP contribution in [0.3, 0.4) is 0 Å². The molecule has 4 heteroatoms. The third kappa shape index (κ3) is 1.66. The van der Waals surface area contributed by atoms with Crippen molar-refractivity contribution in [1.29, 1.82) is 0 Å². The highest BCUT2D eigenvalue weighted by Gasteiger charge is 2.06. The Kier molecular flexibility index (Phi) is 2.33. The number of ether oxygens (including phenoxy) is 1. The normalized spacial score (nSPS) is 10.3. The summed E-state index contributed by atoms with van der Waals surface area (Å²) >= 11 is 0. The molecule has 0 saturated carbocycles. The smallest absolute Gasteiger partial charge is 0.129 e. The van der Waals surface area contributed by atoms with Crippen LogP contribution in [0, 0.1) is 0 Å². The molecule has 0 saturated heterocycles. The first kappa shape index (κ1) is 9.58. The van der Waals surface area contributed by atoms with Crippen LogP contribution in [0.4, 0.5) is 5.82 Å². The van der Waals surface area contributed by atoms with E-state index in [2.05, 4.69) is 5.10 Å². The van der Waals surface area contributed by atoms with Gasteiger partial charge in [-0.05, 0) is 17.7 Å². The summed E-state index contributed by atoms with van der Waals surface area (Å²) in [6.07, 6.45) is 1.76. The van der Waals surface area contributed by atoms with Crippen LogP contribution in [0.25, 0.3) is 11.1 Å². The number of nitrogen functional groups attached to an aromatic ring is 1. The maximum atomic E-state index is 5.87. The van der Waals surface area contributed by atoms with Crippen LogP contribution in [0.5, 0.6) is 5.75 Å². The van der Waals surface area contributed by atoms with Crippen molar-refractivity contribution in [3.8, 4) is 16.9 Å². The molecule has 15 heavy (non-hydrogen) atoms. The molecule has 0 unspecified atom stereocenters. The molecule has 2 rings (SSSR count). The summed E-state index contributed by atoms with van der Waals surface area (Å²) < 4.78 is 6.74. The van der Waals surface area contributed by atoms with Crippen LogP contribution in [-0.4, -0.2) is 16.9 Å². The van der Waals surface area contributed by atoms with Crippen LogP contribution < -0.4 is 10.5 Å². The van der Waals surface area contributed by atoms with Crippen LogP contribution in [0.2, 0.25) is 0 Å². The Balaban J connectivity index is 2.41. The molecule has 2 aromatic rings. The van der Waals surface area contributed by atoms with Gasteiger partial charge in [0.25, 0.3) is 0 Å². The lowest BCUT2D eigenvalue weighted by atomic mass is 10.1. The van der Waals surface area contributed by atoms with Crippen molar-refractivity contribution < 1.29 is 4.74 Å². The van der Waals surface area contributed by atoms with E-state index in [1.165, 1.54) is 0 Å². The second-order valence-electron chi connectivity index (χ2n) is 3.30. The van der Waals surface area contributed by atoms with E-state index in [0.29, 0.717) is 5.82 Å². The molecule has 0 fully saturated rings. The Morgan fingerprint density at radius 1 is 1.27 bits per heavy atom. The molecule has 0 spiro atoms. The number of aryl methyl sites for hydroxylation is 1. The van der Waals surface area contributed by atoms with E-state index >= 15 is 0 Å². The molecule has 0 aliphatic rings. The Morgan fingerprint density at radius 3 is 2.40 bits per heavy atom. The molecule has 1 aromatic carbocycles. The van der Waals surface area contributed by atoms with Crippen LogP contribution in [-0.2, 0) is 7.05 Å². The van der Waals surface area contributed by atoms with Gasteiger partial charge in [0.15, 0.2) is 0 Å². The van der Waals surface area contributed by atoms with E-state index in [-0.39, 0.29) is 0 Å². The minimum absolute atomic E-state index is 0.667. The minimum atomic E-state index is 0.667. The first-order valence-electron chi connectivity index (χ1n) is 4.64. The zero-order valence-corrected chi connectivity index (χ0v) is 8.77. The quantitative estimate of drug-likeness (QED) is 0.807. The summed E-state index contributed by atoms with van der Waals surface area (Å²) in [4.78, 5) is 0. The maximum absolute atomic E-state index is 5.87. The average Bonchev–Trinajstić information content (AvgIpc) is 2.60. The number of aromatic nitrogens is 2. The second-order valence-corrected chi connectivity index (χ2v) is 3.30. The molecule has 1 aromatic heterocycles. The van der Waals surface area contributed by atoms with Gasteiger partial charge in [-0.15, -0.1) is 0 Å². The van der Waals surface area contributed by atoms with E-state index in [1.54, 1.807) is 18.0 Å². The fraction of sp³-hybridized carbons (Fsp3) is 0.182. The largest absolute Gasteiger partial charge is 0.497 e. The lowest BCUT2D eigenvalue weighted by Gasteiger charge is -2.02. The van der Waals surface area contributed by atoms with Gasteiger partial charge < -0.3 is 10.5 Å². The van der Waals surface area contributed by atoms with Gasteiger partial charge in [-0.2, -0.15) is 5.10 Å². The summed E-state index contributed by atoms with van der Waals surface area (Å²) in [5.74, 6) is 1.50. The van der Waals surface area contributed by atoms with Gasteiger partial charge in [-0.25, -0.2) is 0 Å². The SMILES string of the molecule is COc1ccc(-c2cnn(C)c2N)cc1. The van der Waals surface area contributed by atoms with Crippen molar-refractivity contribution in [2.75, 3.05) is 12.8 Å². The first-order chi connectivity index (χ1) is 7.22.